The summed E-state index contributed by atoms with van der Waals surface area (Å²) in [6, 6.07) is 12.5. The summed E-state index contributed by atoms with van der Waals surface area (Å²) in [4.78, 5) is 4.26. The summed E-state index contributed by atoms with van der Waals surface area (Å²) in [5, 5.41) is 17.3. The van der Waals surface area contributed by atoms with Gasteiger partial charge in [-0.1, -0.05) is 5.16 Å². The number of oxime groups is 1. The molecule has 0 saturated heterocycles. The molecule has 0 fully saturated rings. The first kappa shape index (κ1) is 16.5. The fourth-order valence-corrected chi connectivity index (χ4v) is 2.45. The van der Waals surface area contributed by atoms with Crippen LogP contribution in [0.25, 0.3) is 0 Å². The number of aromatic nitrogens is 3. The van der Waals surface area contributed by atoms with Gasteiger partial charge in [-0.15, -0.1) is 0 Å². The van der Waals surface area contributed by atoms with Crippen LogP contribution in [0.5, 0.6) is 17.4 Å². The second-order valence-electron chi connectivity index (χ2n) is 5.40. The topological polar surface area (TPSA) is 81.8 Å². The highest BCUT2D eigenvalue weighted by atomic mass is 16.5. The van der Waals surface area contributed by atoms with Crippen molar-refractivity contribution in [3.05, 3.63) is 65.6 Å². The van der Waals surface area contributed by atoms with Crippen LogP contribution in [0.2, 0.25) is 0 Å². The quantitative estimate of drug-likeness (QED) is 0.341. The molecule has 7 nitrogen and oxygen atoms in total. The number of methoxy groups -OCH3 is 1. The van der Waals surface area contributed by atoms with Crippen LogP contribution in [0.3, 0.4) is 0 Å². The fourth-order valence-electron chi connectivity index (χ4n) is 2.45. The molecular weight excluding hydrogens is 320 g/mol. The summed E-state index contributed by atoms with van der Waals surface area (Å²) in [5.41, 5.74) is 2.18. The lowest BCUT2D eigenvalue weighted by Gasteiger charge is -2.12. The standard InChI is InChI=1S/C18H18N4O3/c1-12-11-13(2)22(20-12)17(21-23)16-5-4-10-19-18(16)25-15-8-6-14(24-3)7-9-15/h4-11,23H,1-3H3/b21-17-. The van der Waals surface area contributed by atoms with E-state index in [-0.39, 0.29) is 5.84 Å². The van der Waals surface area contributed by atoms with Gasteiger partial charge >= 0.3 is 0 Å². The van der Waals surface area contributed by atoms with Gasteiger partial charge in [0.05, 0.1) is 18.4 Å². The van der Waals surface area contributed by atoms with E-state index in [0.717, 1.165) is 17.1 Å². The predicted octanol–water partition coefficient (Wildman–Crippen LogP) is 3.38. The fraction of sp³-hybridized carbons (Fsp3) is 0.167. The van der Waals surface area contributed by atoms with Gasteiger partial charge in [-0.05, 0) is 56.3 Å². The van der Waals surface area contributed by atoms with Crippen LogP contribution in [0.4, 0.5) is 0 Å². The first-order valence-corrected chi connectivity index (χ1v) is 7.65. The Hall–Kier alpha value is -3.35. The lowest BCUT2D eigenvalue weighted by molar-refractivity contribution is 0.316. The molecule has 0 atom stereocenters. The molecule has 2 heterocycles. The molecule has 0 aliphatic heterocycles. The van der Waals surface area contributed by atoms with E-state index in [1.165, 1.54) is 0 Å². The Bertz CT molecular complexity index is 901. The summed E-state index contributed by atoms with van der Waals surface area (Å²) in [7, 11) is 1.60. The molecular formula is C18H18N4O3. The van der Waals surface area contributed by atoms with Crippen LogP contribution in [0.15, 0.2) is 53.8 Å². The zero-order chi connectivity index (χ0) is 17.8. The van der Waals surface area contributed by atoms with Crippen LogP contribution in [0.1, 0.15) is 17.0 Å². The number of pyridine rings is 1. The highest BCUT2D eigenvalue weighted by molar-refractivity contribution is 6.01. The van der Waals surface area contributed by atoms with Crippen LogP contribution in [0, 0.1) is 13.8 Å². The Morgan fingerprint density at radius 3 is 2.44 bits per heavy atom. The molecule has 0 spiro atoms. The summed E-state index contributed by atoms with van der Waals surface area (Å²) in [6.07, 6.45) is 1.61. The van der Waals surface area contributed by atoms with E-state index in [0.29, 0.717) is 17.2 Å². The average molecular weight is 338 g/mol. The number of aryl methyl sites for hydroxylation is 2. The molecule has 0 aliphatic carbocycles. The predicted molar refractivity (Wildman–Crippen MR) is 92.7 cm³/mol. The number of hydrogen-bond acceptors (Lipinski definition) is 6. The van der Waals surface area contributed by atoms with Crippen LogP contribution in [-0.2, 0) is 0 Å². The minimum Gasteiger partial charge on any atom is -0.497 e. The van der Waals surface area contributed by atoms with Gasteiger partial charge in [0.15, 0.2) is 0 Å². The Labute approximate surface area is 145 Å². The molecule has 0 aliphatic rings. The lowest BCUT2D eigenvalue weighted by Crippen LogP contribution is -2.18. The second-order valence-corrected chi connectivity index (χ2v) is 5.40. The normalized spacial score (nSPS) is 11.4. The Morgan fingerprint density at radius 2 is 1.84 bits per heavy atom. The van der Waals surface area contributed by atoms with Crippen LogP contribution < -0.4 is 9.47 Å². The summed E-state index contributed by atoms with van der Waals surface area (Å²) < 4.78 is 12.5. The van der Waals surface area contributed by atoms with Crippen molar-refractivity contribution in [2.45, 2.75) is 13.8 Å². The monoisotopic (exact) mass is 338 g/mol. The minimum absolute atomic E-state index is 0.238. The van der Waals surface area contributed by atoms with E-state index in [9.17, 15) is 5.21 Å². The molecule has 1 N–H and O–H groups in total. The number of ether oxygens (including phenoxy) is 2. The zero-order valence-electron chi connectivity index (χ0n) is 14.2. The average Bonchev–Trinajstić information content (AvgIpc) is 2.96. The van der Waals surface area contributed by atoms with E-state index in [1.54, 1.807) is 54.4 Å². The van der Waals surface area contributed by atoms with Gasteiger partial charge < -0.3 is 14.7 Å². The second kappa shape index (κ2) is 7.04. The Balaban J connectivity index is 1.98. The number of hydrogen-bond donors (Lipinski definition) is 1. The van der Waals surface area contributed by atoms with E-state index >= 15 is 0 Å². The SMILES string of the molecule is COc1ccc(Oc2ncccc2/C(=N/O)n2nc(C)cc2C)cc1. The largest absolute Gasteiger partial charge is 0.497 e. The third kappa shape index (κ3) is 3.45. The first-order chi connectivity index (χ1) is 12.1. The van der Waals surface area contributed by atoms with Crippen molar-refractivity contribution in [2.24, 2.45) is 5.16 Å². The van der Waals surface area contributed by atoms with Gasteiger partial charge in [-0.3, -0.25) is 0 Å². The molecule has 0 unspecified atom stereocenters. The molecule has 0 bridgehead atoms. The van der Waals surface area contributed by atoms with Crippen LogP contribution >= 0.6 is 0 Å². The maximum Gasteiger partial charge on any atom is 0.230 e. The van der Waals surface area contributed by atoms with Crippen molar-refractivity contribution in [1.29, 1.82) is 0 Å². The third-order valence-electron chi connectivity index (χ3n) is 3.59. The van der Waals surface area contributed by atoms with Crippen molar-refractivity contribution < 1.29 is 14.7 Å². The van der Waals surface area contributed by atoms with Gasteiger partial charge in [0.1, 0.15) is 11.5 Å². The van der Waals surface area contributed by atoms with Crippen molar-refractivity contribution in [3.63, 3.8) is 0 Å². The smallest absolute Gasteiger partial charge is 0.230 e. The first-order valence-electron chi connectivity index (χ1n) is 7.65. The molecule has 3 rings (SSSR count). The lowest BCUT2D eigenvalue weighted by atomic mass is 10.2. The van der Waals surface area contributed by atoms with Gasteiger partial charge in [0.2, 0.25) is 11.7 Å². The number of benzene rings is 1. The molecule has 25 heavy (non-hydrogen) atoms. The summed E-state index contributed by atoms with van der Waals surface area (Å²) in [5.74, 6) is 1.87. The molecule has 0 radical (unpaired) electrons. The summed E-state index contributed by atoms with van der Waals surface area (Å²) in [6.45, 7) is 3.75. The molecule has 128 valence electrons. The van der Waals surface area contributed by atoms with Gasteiger partial charge in [0.25, 0.3) is 0 Å². The number of nitrogens with zero attached hydrogens (tertiary/aromatic N) is 4. The van der Waals surface area contributed by atoms with Crippen LogP contribution in [-0.4, -0.2) is 32.9 Å². The molecule has 2 aromatic heterocycles. The Kier molecular flexibility index (Phi) is 4.65. The van der Waals surface area contributed by atoms with E-state index in [2.05, 4.69) is 15.2 Å². The maximum atomic E-state index is 9.55. The van der Waals surface area contributed by atoms with Crippen molar-refractivity contribution in [2.75, 3.05) is 7.11 Å². The highest BCUT2D eigenvalue weighted by Gasteiger charge is 2.18. The molecule has 3 aromatic rings. The molecule has 0 amide bonds. The highest BCUT2D eigenvalue weighted by Crippen LogP contribution is 2.26. The maximum absolute atomic E-state index is 9.55. The van der Waals surface area contributed by atoms with Gasteiger partial charge in [-0.25, -0.2) is 9.67 Å². The van der Waals surface area contributed by atoms with Crippen molar-refractivity contribution in [1.82, 2.24) is 14.8 Å². The van der Waals surface area contributed by atoms with Gasteiger partial charge in [0, 0.05) is 11.9 Å². The van der Waals surface area contributed by atoms with Crippen molar-refractivity contribution >= 4 is 5.84 Å². The molecule has 7 heteroatoms. The molecule has 0 saturated carbocycles. The Morgan fingerprint density at radius 1 is 1.12 bits per heavy atom. The van der Waals surface area contributed by atoms with Crippen molar-refractivity contribution in [3.8, 4) is 17.4 Å². The van der Waals surface area contributed by atoms with Gasteiger partial charge in [-0.2, -0.15) is 5.10 Å². The minimum atomic E-state index is 0.238. The molecule has 1 aromatic carbocycles. The van der Waals surface area contributed by atoms with E-state index in [1.807, 2.05) is 19.9 Å². The summed E-state index contributed by atoms with van der Waals surface area (Å²) >= 11 is 0. The van der Waals surface area contributed by atoms with E-state index < -0.39 is 0 Å². The van der Waals surface area contributed by atoms with E-state index in [4.69, 9.17) is 9.47 Å². The number of rotatable bonds is 4. The third-order valence-corrected chi connectivity index (χ3v) is 3.59. The zero-order valence-corrected chi connectivity index (χ0v) is 14.2.